The number of hydrogen-bond acceptors (Lipinski definition) is 4. The van der Waals surface area contributed by atoms with E-state index in [4.69, 9.17) is 9.47 Å². The molecular formula is C41H27FO4. The number of esters is 2. The van der Waals surface area contributed by atoms with Crippen LogP contribution in [-0.4, -0.2) is 11.9 Å². The van der Waals surface area contributed by atoms with Crippen LogP contribution in [0.3, 0.4) is 0 Å². The van der Waals surface area contributed by atoms with Gasteiger partial charge < -0.3 is 9.47 Å². The maximum Gasteiger partial charge on any atom is 0.343 e. The summed E-state index contributed by atoms with van der Waals surface area (Å²) >= 11 is 0. The molecule has 0 atom stereocenters. The lowest BCUT2D eigenvalue weighted by atomic mass is 9.51. The topological polar surface area (TPSA) is 52.6 Å². The molecule has 0 N–H and O–H groups in total. The normalized spacial score (nSPS) is 16.9. The highest BCUT2D eigenvalue weighted by atomic mass is 19.1. The van der Waals surface area contributed by atoms with E-state index in [1.165, 1.54) is 12.1 Å². The van der Waals surface area contributed by atoms with Gasteiger partial charge in [-0.3, -0.25) is 0 Å². The van der Waals surface area contributed by atoms with Crippen LogP contribution >= 0.6 is 0 Å². The first-order chi connectivity index (χ1) is 22.5. The van der Waals surface area contributed by atoms with Crippen molar-refractivity contribution in [1.29, 1.82) is 0 Å². The molecule has 0 fully saturated rings. The number of carbonyl (C=O) groups excluding carboxylic acids is 2. The van der Waals surface area contributed by atoms with Gasteiger partial charge in [-0.05, 0) is 82.8 Å². The summed E-state index contributed by atoms with van der Waals surface area (Å²) in [5.41, 5.74) is 6.75. The summed E-state index contributed by atoms with van der Waals surface area (Å²) in [7, 11) is 0. The predicted octanol–water partition coefficient (Wildman–Crippen LogP) is 8.65. The van der Waals surface area contributed by atoms with Crippen molar-refractivity contribution in [3.63, 3.8) is 0 Å². The second-order valence-electron chi connectivity index (χ2n) is 11.7. The number of ether oxygens (including phenoxy) is 2. The molecule has 0 unspecified atom stereocenters. The van der Waals surface area contributed by atoms with Crippen molar-refractivity contribution in [1.82, 2.24) is 0 Å². The van der Waals surface area contributed by atoms with Crippen LogP contribution in [-0.2, 0) is 11.8 Å². The summed E-state index contributed by atoms with van der Waals surface area (Å²) < 4.78 is 26.6. The number of rotatable bonds is 6. The van der Waals surface area contributed by atoms with E-state index in [1.54, 1.807) is 72.8 Å². The van der Waals surface area contributed by atoms with Gasteiger partial charge in [0.05, 0.1) is 16.5 Å². The van der Waals surface area contributed by atoms with Crippen molar-refractivity contribution < 1.29 is 23.5 Å². The fraction of sp³-hybridized carbons (Fsp3) is 0.0732. The third-order valence-electron chi connectivity index (χ3n) is 9.15. The zero-order chi connectivity index (χ0) is 31.3. The van der Waals surface area contributed by atoms with Crippen LogP contribution < -0.4 is 9.47 Å². The molecule has 4 nitrogen and oxygen atoms in total. The molecule has 222 valence electrons. The van der Waals surface area contributed by atoms with Crippen molar-refractivity contribution in [2.75, 3.05) is 0 Å². The molecule has 0 saturated heterocycles. The Morgan fingerprint density at radius 3 is 1.61 bits per heavy atom. The third kappa shape index (κ3) is 4.35. The Labute approximate surface area is 265 Å². The zero-order valence-corrected chi connectivity index (χ0v) is 24.7. The number of hydrogen-bond donors (Lipinski definition) is 0. The zero-order valence-electron chi connectivity index (χ0n) is 24.7. The predicted molar refractivity (Wildman–Crippen MR) is 173 cm³/mol. The van der Waals surface area contributed by atoms with Crippen LogP contribution in [0.4, 0.5) is 4.39 Å². The van der Waals surface area contributed by atoms with Crippen molar-refractivity contribution in [2.45, 2.75) is 17.8 Å². The largest absolute Gasteiger partial charge is 0.423 e. The first kappa shape index (κ1) is 27.7. The quantitative estimate of drug-likeness (QED) is 0.141. The SMILES string of the molecule is O=C(Oc1ccc(OC(=O)c2ccccc2)c2c1C1c3ccccc3C2(Cc2ccc(F)cc2)c2ccccc21)c1ccccc1. The van der Waals surface area contributed by atoms with E-state index in [1.807, 2.05) is 36.4 Å². The van der Waals surface area contributed by atoms with Gasteiger partial charge in [-0.15, -0.1) is 0 Å². The van der Waals surface area contributed by atoms with E-state index < -0.39 is 17.4 Å². The second kappa shape index (κ2) is 11.0. The second-order valence-corrected chi connectivity index (χ2v) is 11.7. The molecule has 0 radical (unpaired) electrons. The van der Waals surface area contributed by atoms with E-state index in [-0.39, 0.29) is 11.7 Å². The Balaban J connectivity index is 1.41. The molecule has 6 aromatic rings. The molecule has 3 aliphatic rings. The average molecular weight is 603 g/mol. The van der Waals surface area contributed by atoms with Gasteiger partial charge in [-0.2, -0.15) is 0 Å². The van der Waals surface area contributed by atoms with Gasteiger partial charge in [-0.25, -0.2) is 14.0 Å². The van der Waals surface area contributed by atoms with Crippen molar-refractivity contribution >= 4 is 11.9 Å². The molecule has 2 bridgehead atoms. The maximum atomic E-state index is 14.1. The molecular weight excluding hydrogens is 575 g/mol. The molecule has 0 spiro atoms. The molecule has 0 amide bonds. The summed E-state index contributed by atoms with van der Waals surface area (Å²) in [4.78, 5) is 27.1. The molecule has 46 heavy (non-hydrogen) atoms. The summed E-state index contributed by atoms with van der Waals surface area (Å²) in [5, 5.41) is 0. The monoisotopic (exact) mass is 602 g/mol. The molecule has 3 aliphatic carbocycles. The highest BCUT2D eigenvalue weighted by Crippen LogP contribution is 2.64. The van der Waals surface area contributed by atoms with Crippen LogP contribution in [0.5, 0.6) is 11.5 Å². The fourth-order valence-electron chi connectivity index (χ4n) is 7.30. The van der Waals surface area contributed by atoms with Gasteiger partial charge in [-0.1, -0.05) is 97.1 Å². The van der Waals surface area contributed by atoms with Crippen LogP contribution in [0.15, 0.2) is 146 Å². The van der Waals surface area contributed by atoms with Crippen LogP contribution in [0, 0.1) is 5.82 Å². The molecule has 0 aromatic heterocycles. The van der Waals surface area contributed by atoms with Gasteiger partial charge in [0.1, 0.15) is 17.3 Å². The third-order valence-corrected chi connectivity index (χ3v) is 9.15. The van der Waals surface area contributed by atoms with Crippen molar-refractivity contribution in [3.8, 4) is 11.5 Å². The Bertz CT molecular complexity index is 2070. The summed E-state index contributed by atoms with van der Waals surface area (Å²) in [6.45, 7) is 0. The van der Waals surface area contributed by atoms with Crippen molar-refractivity contribution in [2.24, 2.45) is 0 Å². The Morgan fingerprint density at radius 1 is 0.565 bits per heavy atom. The molecule has 0 saturated carbocycles. The van der Waals surface area contributed by atoms with Crippen LogP contribution in [0.25, 0.3) is 0 Å². The molecule has 0 aliphatic heterocycles. The fourth-order valence-corrected chi connectivity index (χ4v) is 7.30. The van der Waals surface area contributed by atoms with Gasteiger partial charge in [0.15, 0.2) is 0 Å². The molecule has 0 heterocycles. The lowest BCUT2D eigenvalue weighted by molar-refractivity contribution is 0.0714. The Morgan fingerprint density at radius 2 is 1.04 bits per heavy atom. The lowest BCUT2D eigenvalue weighted by Crippen LogP contribution is -2.44. The first-order valence-corrected chi connectivity index (χ1v) is 15.2. The minimum absolute atomic E-state index is 0.286. The summed E-state index contributed by atoms with van der Waals surface area (Å²) in [6.07, 6.45) is 0.451. The number of carbonyl (C=O) groups is 2. The van der Waals surface area contributed by atoms with Gasteiger partial charge in [0, 0.05) is 17.0 Å². The van der Waals surface area contributed by atoms with Crippen molar-refractivity contribution in [3.05, 3.63) is 201 Å². The highest BCUT2D eigenvalue weighted by Gasteiger charge is 2.54. The number of benzene rings is 6. The van der Waals surface area contributed by atoms with E-state index in [0.29, 0.717) is 29.0 Å². The summed E-state index contributed by atoms with van der Waals surface area (Å²) in [6, 6.07) is 44.3. The van der Waals surface area contributed by atoms with Gasteiger partial charge >= 0.3 is 11.9 Å². The Hall–Kier alpha value is -5.81. The lowest BCUT2D eigenvalue weighted by Gasteiger charge is -2.51. The van der Waals surface area contributed by atoms with E-state index in [2.05, 4.69) is 24.3 Å². The minimum atomic E-state index is -0.851. The smallest absolute Gasteiger partial charge is 0.343 e. The Kier molecular flexibility index (Phi) is 6.61. The van der Waals surface area contributed by atoms with Crippen LogP contribution in [0.2, 0.25) is 0 Å². The number of halogens is 1. The molecule has 9 rings (SSSR count). The van der Waals surface area contributed by atoms with Gasteiger partial charge in [0.2, 0.25) is 0 Å². The average Bonchev–Trinajstić information content (AvgIpc) is 3.11. The highest BCUT2D eigenvalue weighted by molar-refractivity contribution is 5.93. The standard InChI is InChI=1S/C41H27FO4/c42-29-21-19-26(20-22-29)25-41-32-17-9-7-15-30(32)36(31-16-8-10-18-33(31)41)37-34(45-39(43)27-11-3-1-4-12-27)23-24-35(38(37)41)46-40(44)28-13-5-2-6-14-28/h1-24,36H,25H2. The molecule has 5 heteroatoms. The summed E-state index contributed by atoms with van der Waals surface area (Å²) in [5.74, 6) is -0.779. The van der Waals surface area contributed by atoms with E-state index in [0.717, 1.165) is 38.9 Å². The first-order valence-electron chi connectivity index (χ1n) is 15.2. The maximum absolute atomic E-state index is 14.1. The van der Waals surface area contributed by atoms with Gasteiger partial charge in [0.25, 0.3) is 0 Å². The van der Waals surface area contributed by atoms with E-state index >= 15 is 0 Å². The van der Waals surface area contributed by atoms with Crippen LogP contribution in [0.1, 0.15) is 65.6 Å². The minimum Gasteiger partial charge on any atom is -0.423 e. The van der Waals surface area contributed by atoms with E-state index in [9.17, 15) is 14.0 Å². The molecule has 6 aromatic carbocycles.